The lowest BCUT2D eigenvalue weighted by molar-refractivity contribution is 0.582. The van der Waals surface area contributed by atoms with E-state index in [1.54, 1.807) is 29.7 Å². The van der Waals surface area contributed by atoms with Gasteiger partial charge in [0.1, 0.15) is 5.01 Å². The Morgan fingerprint density at radius 1 is 1.26 bits per heavy atom. The fourth-order valence-corrected chi connectivity index (χ4v) is 3.40. The molecule has 0 spiro atoms. The molecule has 5 nitrogen and oxygen atoms in total. The predicted octanol–water partition coefficient (Wildman–Crippen LogP) is 3.69. The summed E-state index contributed by atoms with van der Waals surface area (Å²) in [5, 5.41) is 10.9. The summed E-state index contributed by atoms with van der Waals surface area (Å²) in [5.41, 5.74) is 1.15. The first-order valence-corrected chi connectivity index (χ1v) is 8.89. The highest BCUT2D eigenvalue weighted by molar-refractivity contribution is 14.0. The number of aromatic nitrogens is 2. The second-order valence-electron chi connectivity index (χ2n) is 6.04. The summed E-state index contributed by atoms with van der Waals surface area (Å²) in [6, 6.07) is 0. The SMILES string of the molecule is CN=C(NCc1csc(C(C)(C)C)n1)NCc1ncc(C)s1.I. The van der Waals surface area contributed by atoms with Crippen molar-refractivity contribution in [2.24, 2.45) is 4.99 Å². The van der Waals surface area contributed by atoms with Crippen LogP contribution in [0, 0.1) is 6.92 Å². The molecule has 2 N–H and O–H groups in total. The summed E-state index contributed by atoms with van der Waals surface area (Å²) in [6.45, 7) is 9.95. The Balaban J connectivity index is 0.00000264. The van der Waals surface area contributed by atoms with E-state index in [1.165, 1.54) is 4.88 Å². The molecule has 0 aliphatic heterocycles. The Bertz CT molecular complexity index is 642. The number of hydrogen-bond donors (Lipinski definition) is 2. The van der Waals surface area contributed by atoms with Gasteiger partial charge in [-0.2, -0.15) is 0 Å². The van der Waals surface area contributed by atoms with E-state index in [2.05, 4.69) is 58.7 Å². The summed E-state index contributed by atoms with van der Waals surface area (Å²) < 4.78 is 0. The lowest BCUT2D eigenvalue weighted by Gasteiger charge is -2.13. The molecule has 0 aromatic carbocycles. The van der Waals surface area contributed by atoms with E-state index in [0.29, 0.717) is 13.1 Å². The maximum absolute atomic E-state index is 4.67. The van der Waals surface area contributed by atoms with Crippen molar-refractivity contribution in [2.45, 2.75) is 46.2 Å². The molecule has 0 saturated heterocycles. The first-order chi connectivity index (χ1) is 10.4. The van der Waals surface area contributed by atoms with Gasteiger partial charge in [-0.25, -0.2) is 9.97 Å². The van der Waals surface area contributed by atoms with Gasteiger partial charge in [-0.1, -0.05) is 20.8 Å². The minimum absolute atomic E-state index is 0. The third-order valence-corrected chi connectivity index (χ3v) is 5.16. The monoisotopic (exact) mass is 465 g/mol. The Kier molecular flexibility index (Phi) is 7.88. The van der Waals surface area contributed by atoms with Gasteiger partial charge in [-0.05, 0) is 6.92 Å². The van der Waals surface area contributed by atoms with Gasteiger partial charge in [-0.15, -0.1) is 46.7 Å². The van der Waals surface area contributed by atoms with Gasteiger partial charge in [0.15, 0.2) is 5.96 Å². The predicted molar refractivity (Wildman–Crippen MR) is 110 cm³/mol. The molecule has 0 bridgehead atoms. The molecule has 0 aliphatic carbocycles. The maximum Gasteiger partial charge on any atom is 0.191 e. The molecule has 8 heteroatoms. The molecule has 2 heterocycles. The smallest absolute Gasteiger partial charge is 0.191 e. The normalized spacial score (nSPS) is 12.0. The summed E-state index contributed by atoms with van der Waals surface area (Å²) in [5.74, 6) is 0.762. The number of aryl methyl sites for hydroxylation is 1. The number of aliphatic imine (C=N–C) groups is 1. The largest absolute Gasteiger partial charge is 0.351 e. The Hall–Kier alpha value is -0.740. The van der Waals surface area contributed by atoms with E-state index in [9.17, 15) is 0 Å². The second kappa shape index (κ2) is 8.93. The molecule has 2 rings (SSSR count). The van der Waals surface area contributed by atoms with Crippen LogP contribution in [-0.4, -0.2) is 23.0 Å². The molecule has 2 aromatic heterocycles. The van der Waals surface area contributed by atoms with Crippen molar-refractivity contribution >= 4 is 52.6 Å². The van der Waals surface area contributed by atoms with Crippen molar-refractivity contribution in [1.82, 2.24) is 20.6 Å². The second-order valence-corrected chi connectivity index (χ2v) is 8.22. The molecule has 128 valence electrons. The van der Waals surface area contributed by atoms with Crippen molar-refractivity contribution in [3.8, 4) is 0 Å². The van der Waals surface area contributed by atoms with Crippen LogP contribution >= 0.6 is 46.7 Å². The highest BCUT2D eigenvalue weighted by atomic mass is 127. The van der Waals surface area contributed by atoms with Gasteiger partial charge < -0.3 is 10.6 Å². The van der Waals surface area contributed by atoms with Gasteiger partial charge in [0.2, 0.25) is 0 Å². The third kappa shape index (κ3) is 6.34. The Morgan fingerprint density at radius 2 is 1.96 bits per heavy atom. The van der Waals surface area contributed by atoms with Gasteiger partial charge in [0.25, 0.3) is 0 Å². The molecule has 0 aliphatic rings. The van der Waals surface area contributed by atoms with Crippen molar-refractivity contribution in [3.05, 3.63) is 32.2 Å². The van der Waals surface area contributed by atoms with E-state index >= 15 is 0 Å². The van der Waals surface area contributed by atoms with Crippen molar-refractivity contribution in [3.63, 3.8) is 0 Å². The van der Waals surface area contributed by atoms with Crippen LogP contribution in [0.2, 0.25) is 0 Å². The minimum atomic E-state index is 0. The average Bonchev–Trinajstić information content (AvgIpc) is 3.07. The maximum atomic E-state index is 4.67. The first kappa shape index (κ1) is 20.3. The third-order valence-electron chi connectivity index (χ3n) is 2.93. The fourth-order valence-electron chi connectivity index (χ4n) is 1.77. The Labute approximate surface area is 163 Å². The molecule has 0 unspecified atom stereocenters. The van der Waals surface area contributed by atoms with Crippen molar-refractivity contribution in [2.75, 3.05) is 7.05 Å². The highest BCUT2D eigenvalue weighted by Crippen LogP contribution is 2.25. The lowest BCUT2D eigenvalue weighted by Crippen LogP contribution is -2.36. The Morgan fingerprint density at radius 3 is 2.48 bits per heavy atom. The number of rotatable bonds is 4. The zero-order chi connectivity index (χ0) is 16.2. The first-order valence-electron chi connectivity index (χ1n) is 7.19. The number of nitrogens with zero attached hydrogens (tertiary/aromatic N) is 3. The standard InChI is InChI=1S/C15H23N5S2.HI/c1-10-6-17-12(22-10)8-19-14(16-5)18-7-11-9-21-13(20-11)15(2,3)4;/h6,9H,7-8H2,1-5H3,(H2,16,18,19);1H. The summed E-state index contributed by atoms with van der Waals surface area (Å²) in [4.78, 5) is 14.5. The fraction of sp³-hybridized carbons (Fsp3) is 0.533. The van der Waals surface area contributed by atoms with Gasteiger partial charge in [0.05, 0.1) is 23.8 Å². The number of hydrogen-bond acceptors (Lipinski definition) is 5. The molecule has 0 radical (unpaired) electrons. The summed E-state index contributed by atoms with van der Waals surface area (Å²) in [7, 11) is 1.77. The van der Waals surface area contributed by atoms with Crippen LogP contribution < -0.4 is 10.6 Å². The van der Waals surface area contributed by atoms with Crippen molar-refractivity contribution in [1.29, 1.82) is 0 Å². The minimum Gasteiger partial charge on any atom is -0.351 e. The van der Waals surface area contributed by atoms with Crippen LogP contribution in [0.4, 0.5) is 0 Å². The summed E-state index contributed by atoms with van der Waals surface area (Å²) >= 11 is 3.40. The lowest BCUT2D eigenvalue weighted by atomic mass is 9.98. The van der Waals surface area contributed by atoms with Crippen LogP contribution in [-0.2, 0) is 18.5 Å². The summed E-state index contributed by atoms with van der Waals surface area (Å²) in [6.07, 6.45) is 1.89. The molecule has 0 saturated carbocycles. The molecule has 23 heavy (non-hydrogen) atoms. The highest BCUT2D eigenvalue weighted by Gasteiger charge is 2.17. The molecule has 0 fully saturated rings. The van der Waals surface area contributed by atoms with Crippen LogP contribution in [0.1, 0.15) is 41.4 Å². The number of thiazole rings is 2. The van der Waals surface area contributed by atoms with Crippen LogP contribution in [0.15, 0.2) is 16.6 Å². The molecular formula is C15H24IN5S2. The molecule has 0 atom stereocenters. The molecule has 2 aromatic rings. The van der Waals surface area contributed by atoms with Crippen molar-refractivity contribution < 1.29 is 0 Å². The zero-order valence-electron chi connectivity index (χ0n) is 14.1. The van der Waals surface area contributed by atoms with E-state index < -0.39 is 0 Å². The quantitative estimate of drug-likeness (QED) is 0.411. The average molecular weight is 465 g/mol. The van der Waals surface area contributed by atoms with Crippen LogP contribution in [0.5, 0.6) is 0 Å². The van der Waals surface area contributed by atoms with E-state index in [4.69, 9.17) is 0 Å². The molecular weight excluding hydrogens is 441 g/mol. The van der Waals surface area contributed by atoms with Crippen LogP contribution in [0.3, 0.4) is 0 Å². The van der Waals surface area contributed by atoms with E-state index in [0.717, 1.165) is 21.7 Å². The molecule has 0 amide bonds. The van der Waals surface area contributed by atoms with Gasteiger partial charge in [0, 0.05) is 28.9 Å². The van der Waals surface area contributed by atoms with E-state index in [1.807, 2.05) is 6.20 Å². The van der Waals surface area contributed by atoms with Gasteiger partial charge >= 0.3 is 0 Å². The number of guanidine groups is 1. The zero-order valence-corrected chi connectivity index (χ0v) is 18.1. The van der Waals surface area contributed by atoms with E-state index in [-0.39, 0.29) is 29.4 Å². The number of halogens is 1. The van der Waals surface area contributed by atoms with Gasteiger partial charge in [-0.3, -0.25) is 4.99 Å². The van der Waals surface area contributed by atoms with Crippen LogP contribution in [0.25, 0.3) is 0 Å². The number of nitrogens with one attached hydrogen (secondary N) is 2. The topological polar surface area (TPSA) is 62.2 Å².